The molecule has 0 bridgehead atoms. The van der Waals surface area contributed by atoms with Gasteiger partial charge >= 0.3 is 0 Å². The van der Waals surface area contributed by atoms with Gasteiger partial charge in [-0.1, -0.05) is 6.08 Å². The Bertz CT molecular complexity index is 338. The first kappa shape index (κ1) is 11.5. The highest BCUT2D eigenvalue weighted by Gasteiger charge is 2.39. The van der Waals surface area contributed by atoms with E-state index < -0.39 is 0 Å². The second-order valence-corrected chi connectivity index (χ2v) is 8.00. The van der Waals surface area contributed by atoms with E-state index in [1.807, 2.05) is 41.4 Å². The van der Waals surface area contributed by atoms with Crippen molar-refractivity contribution in [1.82, 2.24) is 0 Å². The molecular weight excluding hydrogens is 240 g/mol. The summed E-state index contributed by atoms with van der Waals surface area (Å²) in [5.41, 5.74) is 0. The Balaban J connectivity index is 1.94. The summed E-state index contributed by atoms with van der Waals surface area (Å²) in [6, 6.07) is 8.85. The third-order valence-electron chi connectivity index (χ3n) is 2.08. The van der Waals surface area contributed by atoms with Crippen LogP contribution in [0.1, 0.15) is 6.92 Å². The number of hydrogen-bond acceptors (Lipinski definition) is 3. The summed E-state index contributed by atoms with van der Waals surface area (Å²) in [5.74, 6) is 2.27. The zero-order valence-electron chi connectivity index (χ0n) is 8.73. The molecule has 1 saturated heterocycles. The molecule has 1 atom stereocenters. The first-order chi connectivity index (χ1) is 7.22. The SMILES string of the molecule is C=CCSc1ccc(SC2(C)CS2)cc1. The van der Waals surface area contributed by atoms with Gasteiger partial charge in [0.25, 0.3) is 0 Å². The third-order valence-corrected chi connectivity index (χ3v) is 6.08. The predicted octanol–water partition coefficient (Wildman–Crippen LogP) is 4.52. The first-order valence-electron chi connectivity index (χ1n) is 4.89. The molecule has 0 N–H and O–H groups in total. The fourth-order valence-corrected chi connectivity index (χ4v) is 3.72. The minimum absolute atomic E-state index is 0.454. The van der Waals surface area contributed by atoms with Crippen molar-refractivity contribution in [2.24, 2.45) is 0 Å². The summed E-state index contributed by atoms with van der Waals surface area (Å²) in [5, 5.41) is 0. The van der Waals surface area contributed by atoms with Crippen LogP contribution < -0.4 is 0 Å². The van der Waals surface area contributed by atoms with Gasteiger partial charge in [-0.3, -0.25) is 0 Å². The fraction of sp³-hybridized carbons (Fsp3) is 0.333. The molecule has 0 nitrogen and oxygen atoms in total. The van der Waals surface area contributed by atoms with Crippen molar-refractivity contribution < 1.29 is 0 Å². The average molecular weight is 254 g/mol. The lowest BCUT2D eigenvalue weighted by atomic mass is 10.4. The van der Waals surface area contributed by atoms with Crippen molar-refractivity contribution in [3.8, 4) is 0 Å². The zero-order chi connectivity index (χ0) is 10.7. The van der Waals surface area contributed by atoms with E-state index in [1.165, 1.54) is 15.5 Å². The highest BCUT2D eigenvalue weighted by atomic mass is 32.2. The van der Waals surface area contributed by atoms with Gasteiger partial charge in [0, 0.05) is 21.3 Å². The second-order valence-electron chi connectivity index (χ2n) is 3.60. The molecule has 0 aliphatic carbocycles. The van der Waals surface area contributed by atoms with Gasteiger partial charge in [0.1, 0.15) is 0 Å². The van der Waals surface area contributed by atoms with Crippen molar-refractivity contribution in [3.05, 3.63) is 36.9 Å². The molecule has 0 aromatic heterocycles. The molecule has 0 saturated carbocycles. The largest absolute Gasteiger partial charge is 0.141 e. The predicted molar refractivity (Wildman–Crippen MR) is 74.1 cm³/mol. The first-order valence-corrected chi connectivity index (χ1v) is 7.67. The van der Waals surface area contributed by atoms with Crippen molar-refractivity contribution in [2.45, 2.75) is 20.8 Å². The highest BCUT2D eigenvalue weighted by Crippen LogP contribution is 2.55. The van der Waals surface area contributed by atoms with E-state index in [4.69, 9.17) is 0 Å². The maximum absolute atomic E-state index is 3.72. The maximum atomic E-state index is 3.72. The second kappa shape index (κ2) is 4.89. The smallest absolute Gasteiger partial charge is 0.0721 e. The molecule has 1 aliphatic heterocycles. The van der Waals surface area contributed by atoms with Crippen LogP contribution in [0.2, 0.25) is 0 Å². The molecule has 1 aliphatic rings. The van der Waals surface area contributed by atoms with Crippen LogP contribution in [-0.2, 0) is 0 Å². The topological polar surface area (TPSA) is 0 Å². The van der Waals surface area contributed by atoms with Gasteiger partial charge in [-0.05, 0) is 31.2 Å². The molecule has 80 valence electrons. The van der Waals surface area contributed by atoms with E-state index in [0.717, 1.165) is 5.75 Å². The Hall–Kier alpha value is 0.01000. The van der Waals surface area contributed by atoms with Crippen LogP contribution in [-0.4, -0.2) is 15.6 Å². The van der Waals surface area contributed by atoms with Gasteiger partial charge in [-0.25, -0.2) is 0 Å². The minimum atomic E-state index is 0.454. The Morgan fingerprint density at radius 2 is 2.00 bits per heavy atom. The lowest BCUT2D eigenvalue weighted by molar-refractivity contribution is 1.15. The van der Waals surface area contributed by atoms with Gasteiger partial charge in [0.2, 0.25) is 0 Å². The van der Waals surface area contributed by atoms with Gasteiger partial charge in [-0.2, -0.15) is 0 Å². The van der Waals surface area contributed by atoms with Crippen molar-refractivity contribution in [3.63, 3.8) is 0 Å². The number of benzene rings is 1. The van der Waals surface area contributed by atoms with Gasteiger partial charge in [-0.15, -0.1) is 41.9 Å². The Morgan fingerprint density at radius 3 is 2.53 bits per heavy atom. The molecule has 2 rings (SSSR count). The molecule has 0 radical (unpaired) electrons. The minimum Gasteiger partial charge on any atom is -0.141 e. The van der Waals surface area contributed by atoms with E-state index >= 15 is 0 Å². The van der Waals surface area contributed by atoms with E-state index in [0.29, 0.717) is 4.08 Å². The Labute approximate surface area is 104 Å². The van der Waals surface area contributed by atoms with Gasteiger partial charge in [0.15, 0.2) is 0 Å². The van der Waals surface area contributed by atoms with Crippen molar-refractivity contribution in [2.75, 3.05) is 11.5 Å². The van der Waals surface area contributed by atoms with Gasteiger partial charge in [0.05, 0.1) is 4.08 Å². The summed E-state index contributed by atoms with van der Waals surface area (Å²) >= 11 is 5.84. The fourth-order valence-electron chi connectivity index (χ4n) is 1.17. The van der Waals surface area contributed by atoms with Crippen LogP contribution in [0.4, 0.5) is 0 Å². The molecule has 1 aromatic carbocycles. The normalized spacial score (nSPS) is 23.8. The third kappa shape index (κ3) is 3.51. The number of thioether (sulfide) groups is 3. The maximum Gasteiger partial charge on any atom is 0.0721 e. The van der Waals surface area contributed by atoms with Crippen LogP contribution >= 0.6 is 35.3 Å². The summed E-state index contributed by atoms with van der Waals surface area (Å²) in [6.45, 7) is 6.03. The average Bonchev–Trinajstić information content (AvgIpc) is 2.95. The molecule has 0 spiro atoms. The van der Waals surface area contributed by atoms with Crippen LogP contribution in [0.25, 0.3) is 0 Å². The van der Waals surface area contributed by atoms with E-state index in [-0.39, 0.29) is 0 Å². The van der Waals surface area contributed by atoms with Crippen LogP contribution in [0.3, 0.4) is 0 Å². The molecule has 1 aromatic rings. The molecule has 15 heavy (non-hydrogen) atoms. The lowest BCUT2D eigenvalue weighted by Crippen LogP contribution is -1.92. The summed E-state index contributed by atoms with van der Waals surface area (Å²) in [6.07, 6.45) is 1.94. The lowest BCUT2D eigenvalue weighted by Gasteiger charge is -2.06. The molecule has 0 amide bonds. The number of hydrogen-bond donors (Lipinski definition) is 0. The number of rotatable bonds is 5. The molecule has 1 fully saturated rings. The standard InChI is InChI=1S/C12H14S3/c1-3-8-13-10-4-6-11(7-5-10)15-12(2)9-14-12/h3-7H,1,8-9H2,2H3. The summed E-state index contributed by atoms with van der Waals surface area (Å²) in [7, 11) is 0. The Morgan fingerprint density at radius 1 is 1.40 bits per heavy atom. The van der Waals surface area contributed by atoms with E-state index in [1.54, 1.807) is 0 Å². The quantitative estimate of drug-likeness (QED) is 0.431. The van der Waals surface area contributed by atoms with E-state index in [9.17, 15) is 0 Å². The zero-order valence-corrected chi connectivity index (χ0v) is 11.2. The van der Waals surface area contributed by atoms with Crippen molar-refractivity contribution >= 4 is 35.3 Å². The van der Waals surface area contributed by atoms with Gasteiger partial charge < -0.3 is 0 Å². The van der Waals surface area contributed by atoms with Crippen LogP contribution in [0.5, 0.6) is 0 Å². The summed E-state index contributed by atoms with van der Waals surface area (Å²) in [4.78, 5) is 2.71. The van der Waals surface area contributed by atoms with Crippen LogP contribution in [0.15, 0.2) is 46.7 Å². The molecule has 3 heteroatoms. The molecule has 1 heterocycles. The highest BCUT2D eigenvalue weighted by molar-refractivity contribution is 8.24. The van der Waals surface area contributed by atoms with Crippen LogP contribution in [0, 0.1) is 0 Å². The monoisotopic (exact) mass is 254 g/mol. The Kier molecular flexibility index (Phi) is 3.75. The summed E-state index contributed by atoms with van der Waals surface area (Å²) < 4.78 is 0.454. The molecular formula is C12H14S3. The molecule has 1 unspecified atom stereocenters. The van der Waals surface area contributed by atoms with E-state index in [2.05, 4.69) is 37.8 Å². The van der Waals surface area contributed by atoms with Crippen molar-refractivity contribution in [1.29, 1.82) is 0 Å².